The predicted molar refractivity (Wildman–Crippen MR) is 82.9 cm³/mol. The van der Waals surface area contributed by atoms with Crippen LogP contribution in [0, 0.1) is 10.1 Å². The SMILES string of the molecule is COc1ccc([N+](=O)[O-])c(NC(=O)COC(=O)c2cccs2)c1. The molecule has 0 fully saturated rings. The van der Waals surface area contributed by atoms with Gasteiger partial charge in [-0.15, -0.1) is 11.3 Å². The van der Waals surface area contributed by atoms with E-state index < -0.39 is 23.4 Å². The first-order valence-electron chi connectivity index (χ1n) is 6.34. The lowest BCUT2D eigenvalue weighted by atomic mass is 10.2. The Morgan fingerprint density at radius 3 is 2.74 bits per heavy atom. The van der Waals surface area contributed by atoms with Crippen LogP contribution in [0.25, 0.3) is 0 Å². The molecule has 1 heterocycles. The van der Waals surface area contributed by atoms with E-state index in [4.69, 9.17) is 9.47 Å². The van der Waals surface area contributed by atoms with E-state index in [1.54, 1.807) is 17.5 Å². The van der Waals surface area contributed by atoms with Crippen molar-refractivity contribution in [2.45, 2.75) is 0 Å². The largest absolute Gasteiger partial charge is 0.497 e. The van der Waals surface area contributed by atoms with Crippen LogP contribution in [0.2, 0.25) is 0 Å². The minimum atomic E-state index is -0.689. The molecule has 0 bridgehead atoms. The third kappa shape index (κ3) is 4.27. The van der Waals surface area contributed by atoms with Gasteiger partial charge in [0.2, 0.25) is 0 Å². The summed E-state index contributed by atoms with van der Waals surface area (Å²) in [5.74, 6) is -0.969. The van der Waals surface area contributed by atoms with Crippen molar-refractivity contribution in [1.29, 1.82) is 0 Å². The van der Waals surface area contributed by atoms with Crippen molar-refractivity contribution in [2.24, 2.45) is 0 Å². The van der Waals surface area contributed by atoms with Gasteiger partial charge in [0, 0.05) is 12.1 Å². The molecule has 0 spiro atoms. The van der Waals surface area contributed by atoms with E-state index in [-0.39, 0.29) is 11.4 Å². The van der Waals surface area contributed by atoms with E-state index in [0.29, 0.717) is 10.6 Å². The molecule has 0 radical (unpaired) electrons. The molecule has 23 heavy (non-hydrogen) atoms. The number of benzene rings is 1. The lowest BCUT2D eigenvalue weighted by Crippen LogP contribution is -2.21. The molecular weight excluding hydrogens is 324 g/mol. The minimum absolute atomic E-state index is 0.0356. The molecule has 1 aromatic carbocycles. The van der Waals surface area contributed by atoms with Crippen LogP contribution in [0.15, 0.2) is 35.7 Å². The fraction of sp³-hybridized carbons (Fsp3) is 0.143. The van der Waals surface area contributed by atoms with Crippen molar-refractivity contribution in [3.63, 3.8) is 0 Å². The van der Waals surface area contributed by atoms with Gasteiger partial charge in [-0.05, 0) is 17.5 Å². The summed E-state index contributed by atoms with van der Waals surface area (Å²) < 4.78 is 9.80. The van der Waals surface area contributed by atoms with Crippen LogP contribution in [-0.4, -0.2) is 30.5 Å². The van der Waals surface area contributed by atoms with Gasteiger partial charge in [-0.3, -0.25) is 14.9 Å². The Hall–Kier alpha value is -2.94. The summed E-state index contributed by atoms with van der Waals surface area (Å²) in [6.45, 7) is -0.550. The zero-order chi connectivity index (χ0) is 16.8. The van der Waals surface area contributed by atoms with Crippen molar-refractivity contribution < 1.29 is 24.0 Å². The van der Waals surface area contributed by atoms with Crippen molar-refractivity contribution in [3.05, 3.63) is 50.7 Å². The molecule has 1 aromatic heterocycles. The van der Waals surface area contributed by atoms with Crippen molar-refractivity contribution in [1.82, 2.24) is 0 Å². The number of nitrogens with one attached hydrogen (secondary N) is 1. The summed E-state index contributed by atoms with van der Waals surface area (Å²) in [5.41, 5.74) is -0.324. The van der Waals surface area contributed by atoms with Gasteiger partial charge >= 0.3 is 5.97 Å². The van der Waals surface area contributed by atoms with Gasteiger partial charge in [0.05, 0.1) is 12.0 Å². The number of amides is 1. The summed E-state index contributed by atoms with van der Waals surface area (Å²) in [4.78, 5) is 34.1. The summed E-state index contributed by atoms with van der Waals surface area (Å²) >= 11 is 1.19. The number of nitrogens with zero attached hydrogens (tertiary/aromatic N) is 1. The first-order valence-corrected chi connectivity index (χ1v) is 7.22. The van der Waals surface area contributed by atoms with Gasteiger partial charge in [-0.25, -0.2) is 4.79 Å². The van der Waals surface area contributed by atoms with E-state index in [9.17, 15) is 19.7 Å². The maximum absolute atomic E-state index is 11.8. The third-order valence-corrected chi connectivity index (χ3v) is 3.58. The van der Waals surface area contributed by atoms with Crippen LogP contribution in [0.4, 0.5) is 11.4 Å². The number of nitro groups is 1. The molecule has 0 saturated heterocycles. The molecule has 0 aliphatic heterocycles. The molecule has 8 nitrogen and oxygen atoms in total. The molecule has 2 aromatic rings. The predicted octanol–water partition coefficient (Wildman–Crippen LogP) is 2.46. The smallest absolute Gasteiger partial charge is 0.348 e. The third-order valence-electron chi connectivity index (χ3n) is 2.73. The molecule has 0 saturated carbocycles. The number of carbonyl (C=O) groups is 2. The molecule has 9 heteroatoms. The lowest BCUT2D eigenvalue weighted by molar-refractivity contribution is -0.383. The van der Waals surface area contributed by atoms with Crippen molar-refractivity contribution in [3.8, 4) is 5.75 Å². The standard InChI is InChI=1S/C14H12N2O6S/c1-21-9-4-5-11(16(19)20)10(7-9)15-13(17)8-22-14(18)12-3-2-6-23-12/h2-7H,8H2,1H3,(H,15,17). The maximum Gasteiger partial charge on any atom is 0.348 e. The number of hydrogen-bond acceptors (Lipinski definition) is 7. The van der Waals surface area contributed by atoms with E-state index in [0.717, 1.165) is 0 Å². The fourth-order valence-electron chi connectivity index (χ4n) is 1.68. The van der Waals surface area contributed by atoms with Gasteiger partial charge < -0.3 is 14.8 Å². The highest BCUT2D eigenvalue weighted by molar-refractivity contribution is 7.11. The lowest BCUT2D eigenvalue weighted by Gasteiger charge is -2.08. The van der Waals surface area contributed by atoms with Gasteiger partial charge in [-0.1, -0.05) is 6.07 Å². The Morgan fingerprint density at radius 1 is 1.35 bits per heavy atom. The number of hydrogen-bond donors (Lipinski definition) is 1. The molecule has 1 amide bonds. The minimum Gasteiger partial charge on any atom is -0.497 e. The average molecular weight is 336 g/mol. The van der Waals surface area contributed by atoms with Gasteiger partial charge in [-0.2, -0.15) is 0 Å². The fourth-order valence-corrected chi connectivity index (χ4v) is 2.30. The van der Waals surface area contributed by atoms with Crippen molar-refractivity contribution >= 4 is 34.6 Å². The van der Waals surface area contributed by atoms with Crippen molar-refractivity contribution in [2.75, 3.05) is 19.0 Å². The van der Waals surface area contributed by atoms with Crippen LogP contribution in [0.3, 0.4) is 0 Å². The maximum atomic E-state index is 11.8. The van der Waals surface area contributed by atoms with Crippen LogP contribution in [0.5, 0.6) is 5.75 Å². The second-order valence-electron chi connectivity index (χ2n) is 4.24. The molecule has 0 aliphatic rings. The van der Waals surface area contributed by atoms with Crippen LogP contribution in [-0.2, 0) is 9.53 Å². The number of carbonyl (C=O) groups excluding carboxylic acids is 2. The molecule has 1 N–H and O–H groups in total. The zero-order valence-electron chi connectivity index (χ0n) is 12.0. The van der Waals surface area contributed by atoms with Gasteiger partial charge in [0.25, 0.3) is 11.6 Å². The Labute approximate surface area is 134 Å². The topological polar surface area (TPSA) is 108 Å². The number of rotatable bonds is 6. The number of esters is 1. The molecule has 2 rings (SSSR count). The van der Waals surface area contributed by atoms with Gasteiger partial charge in [0.15, 0.2) is 6.61 Å². The first kappa shape index (κ1) is 16.4. The highest BCUT2D eigenvalue weighted by Crippen LogP contribution is 2.28. The second-order valence-corrected chi connectivity index (χ2v) is 5.19. The van der Waals surface area contributed by atoms with Crippen LogP contribution < -0.4 is 10.1 Å². The molecule has 0 unspecified atom stereocenters. The quantitative estimate of drug-likeness (QED) is 0.493. The Bertz CT molecular complexity index is 729. The van der Waals surface area contributed by atoms with E-state index in [2.05, 4.69) is 5.32 Å². The second kappa shape index (κ2) is 7.36. The van der Waals surface area contributed by atoms with Crippen LogP contribution in [0.1, 0.15) is 9.67 Å². The molecule has 0 atom stereocenters. The number of methoxy groups -OCH3 is 1. The summed E-state index contributed by atoms with van der Waals surface area (Å²) in [6, 6.07) is 7.19. The number of nitro benzene ring substituents is 1. The molecule has 120 valence electrons. The average Bonchev–Trinajstić information content (AvgIpc) is 3.06. The summed E-state index contributed by atoms with van der Waals surface area (Å²) in [5, 5.41) is 15.0. The van der Waals surface area contributed by atoms with Gasteiger partial charge in [0.1, 0.15) is 16.3 Å². The number of ether oxygens (including phenoxy) is 2. The van der Waals surface area contributed by atoms with E-state index in [1.165, 1.54) is 36.6 Å². The number of anilines is 1. The normalized spacial score (nSPS) is 9.96. The highest BCUT2D eigenvalue weighted by atomic mass is 32.1. The summed E-state index contributed by atoms with van der Waals surface area (Å²) in [6.07, 6.45) is 0. The molecular formula is C14H12N2O6S. The Kier molecular flexibility index (Phi) is 5.26. The zero-order valence-corrected chi connectivity index (χ0v) is 12.8. The first-order chi connectivity index (χ1) is 11.0. The monoisotopic (exact) mass is 336 g/mol. The molecule has 0 aliphatic carbocycles. The Morgan fingerprint density at radius 2 is 2.13 bits per heavy atom. The number of thiophene rings is 1. The van der Waals surface area contributed by atoms with Crippen LogP contribution >= 0.6 is 11.3 Å². The van der Waals surface area contributed by atoms with E-state index >= 15 is 0 Å². The summed E-state index contributed by atoms with van der Waals surface area (Å²) in [7, 11) is 1.40. The Balaban J connectivity index is 2.02. The highest BCUT2D eigenvalue weighted by Gasteiger charge is 2.18. The van der Waals surface area contributed by atoms with E-state index in [1.807, 2.05) is 0 Å².